The summed E-state index contributed by atoms with van der Waals surface area (Å²) in [6, 6.07) is 4.30. The second kappa shape index (κ2) is 7.34. The SMILES string of the molecule is CC1[C@@H](c2cn[nH]c2)NCCN1c1ccnc(-c2cnc3ccc(C(F)(F)F)cn23)n1. The first kappa shape index (κ1) is 19.5. The van der Waals surface area contributed by atoms with Crippen LogP contribution in [0.15, 0.2) is 49.2 Å². The summed E-state index contributed by atoms with van der Waals surface area (Å²) in [5.74, 6) is 1.02. The van der Waals surface area contributed by atoms with Crippen molar-refractivity contribution in [2.24, 2.45) is 0 Å². The first-order chi connectivity index (χ1) is 14.9. The summed E-state index contributed by atoms with van der Waals surface area (Å²) in [5, 5.41) is 10.4. The summed E-state index contributed by atoms with van der Waals surface area (Å²) in [7, 11) is 0. The van der Waals surface area contributed by atoms with Gasteiger partial charge in [0.05, 0.1) is 24.0 Å². The average Bonchev–Trinajstić information content (AvgIpc) is 3.43. The zero-order chi connectivity index (χ0) is 21.6. The summed E-state index contributed by atoms with van der Waals surface area (Å²) in [6.07, 6.45) is 3.34. The summed E-state index contributed by atoms with van der Waals surface area (Å²) in [6.45, 7) is 3.58. The molecule has 0 amide bonds. The molecule has 1 saturated heterocycles. The third-order valence-corrected chi connectivity index (χ3v) is 5.57. The first-order valence-corrected chi connectivity index (χ1v) is 9.78. The molecule has 2 N–H and O–H groups in total. The van der Waals surface area contributed by atoms with Gasteiger partial charge in [0.15, 0.2) is 5.82 Å². The maximum Gasteiger partial charge on any atom is 0.417 e. The van der Waals surface area contributed by atoms with E-state index in [0.29, 0.717) is 23.0 Å². The van der Waals surface area contributed by atoms with Crippen molar-refractivity contribution in [2.45, 2.75) is 25.2 Å². The molecule has 1 unspecified atom stereocenters. The fourth-order valence-corrected chi connectivity index (χ4v) is 3.99. The minimum atomic E-state index is -4.45. The van der Waals surface area contributed by atoms with Gasteiger partial charge in [0.25, 0.3) is 0 Å². The Bertz CT molecular complexity index is 1200. The molecule has 0 radical (unpaired) electrons. The lowest BCUT2D eigenvalue weighted by atomic mass is 10.00. The highest BCUT2D eigenvalue weighted by Gasteiger charge is 2.32. The quantitative estimate of drug-likeness (QED) is 0.522. The molecule has 1 aliphatic rings. The topological polar surface area (TPSA) is 87.0 Å². The van der Waals surface area contributed by atoms with Crippen LogP contribution in [0, 0.1) is 0 Å². The number of nitrogens with one attached hydrogen (secondary N) is 2. The highest BCUT2D eigenvalue weighted by atomic mass is 19.4. The van der Waals surface area contributed by atoms with Gasteiger partial charge in [-0.25, -0.2) is 15.0 Å². The zero-order valence-electron chi connectivity index (χ0n) is 16.5. The van der Waals surface area contributed by atoms with E-state index in [-0.39, 0.29) is 12.1 Å². The summed E-state index contributed by atoms with van der Waals surface area (Å²) < 4.78 is 40.9. The number of hydrogen-bond acceptors (Lipinski definition) is 6. The number of hydrogen-bond donors (Lipinski definition) is 2. The van der Waals surface area contributed by atoms with Crippen LogP contribution < -0.4 is 10.2 Å². The van der Waals surface area contributed by atoms with Crippen molar-refractivity contribution in [3.05, 3.63) is 60.3 Å². The Morgan fingerprint density at radius 2 is 2.00 bits per heavy atom. The van der Waals surface area contributed by atoms with Gasteiger partial charge in [-0.05, 0) is 25.1 Å². The number of pyridine rings is 1. The lowest BCUT2D eigenvalue weighted by Gasteiger charge is -2.40. The van der Waals surface area contributed by atoms with Crippen molar-refractivity contribution in [2.75, 3.05) is 18.0 Å². The van der Waals surface area contributed by atoms with Crippen LogP contribution in [0.2, 0.25) is 0 Å². The van der Waals surface area contributed by atoms with E-state index in [2.05, 4.69) is 42.3 Å². The van der Waals surface area contributed by atoms with Gasteiger partial charge in [-0.15, -0.1) is 0 Å². The smallest absolute Gasteiger partial charge is 0.351 e. The van der Waals surface area contributed by atoms with Gasteiger partial charge >= 0.3 is 6.18 Å². The average molecular weight is 428 g/mol. The third kappa shape index (κ3) is 3.50. The Labute approximate surface area is 175 Å². The second-order valence-corrected chi connectivity index (χ2v) is 7.42. The molecule has 0 bridgehead atoms. The number of aromatic amines is 1. The number of H-pyrrole nitrogens is 1. The lowest BCUT2D eigenvalue weighted by molar-refractivity contribution is -0.137. The molecule has 0 aliphatic carbocycles. The monoisotopic (exact) mass is 428 g/mol. The van der Waals surface area contributed by atoms with Crippen molar-refractivity contribution in [1.82, 2.24) is 34.9 Å². The number of aromatic nitrogens is 6. The number of halogens is 3. The molecule has 4 aromatic heterocycles. The van der Waals surface area contributed by atoms with Crippen LogP contribution >= 0.6 is 0 Å². The normalized spacial score (nSPS) is 19.8. The predicted octanol–water partition coefficient (Wildman–Crippen LogP) is 3.07. The Kier molecular flexibility index (Phi) is 4.62. The number of anilines is 1. The summed E-state index contributed by atoms with van der Waals surface area (Å²) in [5.41, 5.74) is 1.09. The van der Waals surface area contributed by atoms with E-state index in [4.69, 9.17) is 0 Å². The molecule has 0 saturated carbocycles. The number of nitrogens with zero attached hydrogens (tertiary/aromatic N) is 6. The molecule has 2 atom stereocenters. The molecule has 0 aromatic carbocycles. The minimum absolute atomic E-state index is 0.0658. The number of piperazine rings is 1. The van der Waals surface area contributed by atoms with E-state index < -0.39 is 11.7 Å². The molecule has 1 aliphatic heterocycles. The van der Waals surface area contributed by atoms with Gasteiger partial charge in [-0.2, -0.15) is 18.3 Å². The van der Waals surface area contributed by atoms with Crippen molar-refractivity contribution < 1.29 is 13.2 Å². The van der Waals surface area contributed by atoms with E-state index in [1.165, 1.54) is 16.7 Å². The van der Waals surface area contributed by atoms with Crippen molar-refractivity contribution in [1.29, 1.82) is 0 Å². The van der Waals surface area contributed by atoms with Crippen molar-refractivity contribution in [3.8, 4) is 11.5 Å². The van der Waals surface area contributed by atoms with Crippen molar-refractivity contribution in [3.63, 3.8) is 0 Å². The predicted molar refractivity (Wildman–Crippen MR) is 107 cm³/mol. The van der Waals surface area contributed by atoms with Crippen LogP contribution in [-0.4, -0.2) is 48.7 Å². The van der Waals surface area contributed by atoms with Crippen LogP contribution in [0.3, 0.4) is 0 Å². The standard InChI is InChI=1S/C20H19F3N8/c1-12-18(13-8-27-28-9-13)24-6-7-30(12)17-4-5-25-19(29-17)15-10-26-16-3-2-14(11-31(15)16)20(21,22)23/h2-5,8-12,18,24H,6-7H2,1H3,(H,27,28)/t12?,18-/m0/s1. The van der Waals surface area contributed by atoms with E-state index in [0.717, 1.165) is 30.9 Å². The van der Waals surface area contributed by atoms with Crippen LogP contribution in [0.5, 0.6) is 0 Å². The van der Waals surface area contributed by atoms with Crippen LogP contribution in [-0.2, 0) is 6.18 Å². The molecule has 31 heavy (non-hydrogen) atoms. The molecular formula is C20H19F3N8. The highest BCUT2D eigenvalue weighted by Crippen LogP contribution is 2.31. The van der Waals surface area contributed by atoms with Gasteiger partial charge < -0.3 is 10.2 Å². The molecule has 160 valence electrons. The molecule has 8 nitrogen and oxygen atoms in total. The first-order valence-electron chi connectivity index (χ1n) is 9.78. The van der Waals surface area contributed by atoms with E-state index >= 15 is 0 Å². The third-order valence-electron chi connectivity index (χ3n) is 5.57. The minimum Gasteiger partial charge on any atom is -0.351 e. The second-order valence-electron chi connectivity index (χ2n) is 7.42. The summed E-state index contributed by atoms with van der Waals surface area (Å²) >= 11 is 0. The van der Waals surface area contributed by atoms with E-state index in [9.17, 15) is 13.2 Å². The van der Waals surface area contributed by atoms with Gasteiger partial charge in [0.2, 0.25) is 0 Å². The van der Waals surface area contributed by atoms with Gasteiger partial charge in [0, 0.05) is 43.3 Å². The molecule has 11 heteroatoms. The van der Waals surface area contributed by atoms with Crippen LogP contribution in [0.1, 0.15) is 24.1 Å². The zero-order valence-corrected chi connectivity index (χ0v) is 16.5. The number of fused-ring (bicyclic) bond motifs is 1. The van der Waals surface area contributed by atoms with E-state index in [1.807, 2.05) is 12.3 Å². The molecule has 0 spiro atoms. The van der Waals surface area contributed by atoms with Crippen LogP contribution in [0.4, 0.5) is 19.0 Å². The number of imidazole rings is 1. The lowest BCUT2D eigenvalue weighted by Crippen LogP contribution is -2.52. The Morgan fingerprint density at radius 1 is 1.13 bits per heavy atom. The molecule has 1 fully saturated rings. The van der Waals surface area contributed by atoms with Crippen LogP contribution in [0.25, 0.3) is 17.2 Å². The maximum absolute atomic E-state index is 13.2. The Hall–Kier alpha value is -3.47. The fraction of sp³-hybridized carbons (Fsp3) is 0.300. The maximum atomic E-state index is 13.2. The fourth-order valence-electron chi connectivity index (χ4n) is 3.99. The largest absolute Gasteiger partial charge is 0.417 e. The van der Waals surface area contributed by atoms with Gasteiger partial charge in [-0.1, -0.05) is 0 Å². The van der Waals surface area contributed by atoms with Gasteiger partial charge in [0.1, 0.15) is 17.2 Å². The number of alkyl halides is 3. The molecular weight excluding hydrogens is 409 g/mol. The molecule has 4 aromatic rings. The van der Waals surface area contributed by atoms with Crippen molar-refractivity contribution >= 4 is 11.5 Å². The Morgan fingerprint density at radius 3 is 2.77 bits per heavy atom. The highest BCUT2D eigenvalue weighted by molar-refractivity contribution is 5.59. The molecule has 5 heterocycles. The number of rotatable bonds is 3. The molecule has 5 rings (SSSR count). The summed E-state index contributed by atoms with van der Waals surface area (Å²) in [4.78, 5) is 15.3. The van der Waals surface area contributed by atoms with Gasteiger partial charge in [-0.3, -0.25) is 9.50 Å². The Balaban J connectivity index is 1.51. The van der Waals surface area contributed by atoms with E-state index in [1.54, 1.807) is 12.4 Å².